The average Bonchev–Trinajstić information content (AvgIpc) is 2.80. The van der Waals surface area contributed by atoms with Crippen LogP contribution < -0.4 is 0 Å². The Morgan fingerprint density at radius 2 is 2.05 bits per heavy atom. The van der Waals surface area contributed by atoms with Gasteiger partial charge in [0.05, 0.1) is 11.3 Å². The van der Waals surface area contributed by atoms with Crippen LogP contribution in [-0.4, -0.2) is 15.6 Å². The minimum atomic E-state index is -0.159. The van der Waals surface area contributed by atoms with Gasteiger partial charge >= 0.3 is 0 Å². The highest BCUT2D eigenvalue weighted by Gasteiger charge is 2.26. The Hall–Kier alpha value is -2.09. The molecule has 0 saturated carbocycles. The zero-order valence-corrected chi connectivity index (χ0v) is 11.0. The third kappa shape index (κ3) is 2.14. The molecule has 0 aromatic heterocycles. The molecule has 2 aliphatic rings. The average molecular weight is 268 g/mol. The molecule has 2 heterocycles. The highest BCUT2D eigenvalue weighted by atomic mass is 32.2. The molecule has 1 atom stereocenters. The molecule has 1 N–H and O–H groups in total. The second-order valence-electron chi connectivity index (χ2n) is 4.27. The van der Waals surface area contributed by atoms with Gasteiger partial charge in [0.15, 0.2) is 0 Å². The summed E-state index contributed by atoms with van der Waals surface area (Å²) in [5.41, 5.74) is 2.42. The van der Waals surface area contributed by atoms with Gasteiger partial charge in [0.25, 0.3) is 0 Å². The minimum absolute atomic E-state index is 0.159. The van der Waals surface area contributed by atoms with Crippen molar-refractivity contribution in [2.24, 2.45) is 0 Å². The summed E-state index contributed by atoms with van der Waals surface area (Å²) >= 11 is 0. The van der Waals surface area contributed by atoms with Crippen LogP contribution in [0.5, 0.6) is 0 Å². The molecule has 3 nitrogen and oxygen atoms in total. The largest absolute Gasteiger partial charge is 0.284 e. The highest BCUT2D eigenvalue weighted by molar-refractivity contribution is 8.18. The molecule has 4 heteroatoms. The number of nitriles is 1. The van der Waals surface area contributed by atoms with Crippen LogP contribution in [0.1, 0.15) is 5.56 Å². The first-order valence-corrected chi connectivity index (χ1v) is 7.35. The lowest BCUT2D eigenvalue weighted by atomic mass is 10.2. The number of rotatable bonds is 2. The molecular formula is C15H12N2OS. The second kappa shape index (κ2) is 4.88. The van der Waals surface area contributed by atoms with Crippen LogP contribution in [0.4, 0.5) is 0 Å². The normalized spacial score (nSPS) is 20.7. The number of benzene rings is 1. The molecule has 1 aromatic rings. The maximum absolute atomic E-state index is 9.85. The van der Waals surface area contributed by atoms with E-state index in [-0.39, 0.29) is 10.5 Å². The van der Waals surface area contributed by atoms with Gasteiger partial charge in [-0.25, -0.2) is 5.06 Å². The molecular weight excluding hydrogens is 256 g/mol. The van der Waals surface area contributed by atoms with Crippen molar-refractivity contribution in [2.45, 2.75) is 5.75 Å². The molecule has 0 radical (unpaired) electrons. The third-order valence-electron chi connectivity index (χ3n) is 3.02. The van der Waals surface area contributed by atoms with Crippen molar-refractivity contribution in [3.05, 3.63) is 70.4 Å². The van der Waals surface area contributed by atoms with Gasteiger partial charge in [-0.3, -0.25) is 5.21 Å². The molecule has 1 unspecified atom stereocenters. The number of allylic oxidation sites excluding steroid dienone is 3. The quantitative estimate of drug-likeness (QED) is 0.838. The monoisotopic (exact) mass is 268 g/mol. The van der Waals surface area contributed by atoms with Crippen LogP contribution in [0, 0.1) is 11.3 Å². The maximum Gasteiger partial charge on any atom is 0.102 e. The van der Waals surface area contributed by atoms with Gasteiger partial charge in [-0.1, -0.05) is 30.3 Å². The molecule has 94 valence electrons. The molecule has 2 aliphatic heterocycles. The number of fused-ring (bicyclic) bond motifs is 1. The van der Waals surface area contributed by atoms with Gasteiger partial charge in [0.1, 0.15) is 6.07 Å². The zero-order valence-electron chi connectivity index (χ0n) is 10.2. The van der Waals surface area contributed by atoms with Crippen LogP contribution in [0.2, 0.25) is 0 Å². The van der Waals surface area contributed by atoms with E-state index in [1.807, 2.05) is 29.6 Å². The smallest absolute Gasteiger partial charge is 0.102 e. The first-order valence-electron chi connectivity index (χ1n) is 5.89. The zero-order chi connectivity index (χ0) is 13.2. The van der Waals surface area contributed by atoms with Crippen molar-refractivity contribution in [3.8, 4) is 6.07 Å². The summed E-state index contributed by atoms with van der Waals surface area (Å²) in [6.07, 6.45) is 5.34. The van der Waals surface area contributed by atoms with Crippen molar-refractivity contribution in [3.63, 3.8) is 0 Å². The Bertz CT molecular complexity index is 678. The van der Waals surface area contributed by atoms with E-state index in [0.29, 0.717) is 11.3 Å². The summed E-state index contributed by atoms with van der Waals surface area (Å²) < 4.78 is 0. The van der Waals surface area contributed by atoms with Gasteiger partial charge < -0.3 is 0 Å². The number of nitrogens with zero attached hydrogens (tertiary/aromatic N) is 2. The molecule has 19 heavy (non-hydrogen) atoms. The van der Waals surface area contributed by atoms with Crippen LogP contribution in [0.15, 0.2) is 64.9 Å². The van der Waals surface area contributed by atoms with Crippen molar-refractivity contribution >= 4 is 15.9 Å². The predicted molar refractivity (Wildman–Crippen MR) is 77.3 cm³/mol. The van der Waals surface area contributed by atoms with Crippen LogP contribution in [0.25, 0.3) is 0 Å². The van der Waals surface area contributed by atoms with E-state index in [4.69, 9.17) is 0 Å². The van der Waals surface area contributed by atoms with E-state index >= 15 is 0 Å². The maximum atomic E-state index is 9.85. The fraction of sp³-hybridized carbons (Fsp3) is 0.0667. The van der Waals surface area contributed by atoms with Crippen molar-refractivity contribution in [1.82, 2.24) is 5.06 Å². The van der Waals surface area contributed by atoms with Crippen LogP contribution in [-0.2, 0) is 5.75 Å². The molecule has 1 aromatic carbocycles. The van der Waals surface area contributed by atoms with E-state index in [1.54, 1.807) is 12.3 Å². The first kappa shape index (κ1) is 12.0. The number of hydrogen-bond acceptors (Lipinski definition) is 3. The lowest BCUT2D eigenvalue weighted by Gasteiger charge is -2.20. The highest BCUT2D eigenvalue weighted by Crippen LogP contribution is 2.43. The summed E-state index contributed by atoms with van der Waals surface area (Å²) in [6, 6.07) is 12.4. The fourth-order valence-electron chi connectivity index (χ4n) is 2.16. The van der Waals surface area contributed by atoms with Gasteiger partial charge in [-0.05, 0) is 23.1 Å². The van der Waals surface area contributed by atoms with Crippen molar-refractivity contribution in [2.75, 3.05) is 0 Å². The number of hydrogen-bond donors (Lipinski definition) is 1. The molecule has 0 amide bonds. The molecule has 0 fully saturated rings. The number of hydroxylamine groups is 2. The van der Waals surface area contributed by atoms with E-state index in [2.05, 4.69) is 18.2 Å². The Morgan fingerprint density at radius 1 is 1.26 bits per heavy atom. The molecule has 0 spiro atoms. The SMILES string of the molecule is N#CC1=C2C(=CC=CN2O)S(Cc2ccccc2)=C1. The summed E-state index contributed by atoms with van der Waals surface area (Å²) in [5.74, 6) is 0.864. The molecule has 3 rings (SSSR count). The fourth-order valence-corrected chi connectivity index (χ4v) is 4.23. The van der Waals surface area contributed by atoms with E-state index < -0.39 is 0 Å². The van der Waals surface area contributed by atoms with Gasteiger partial charge in [0, 0.05) is 16.9 Å². The van der Waals surface area contributed by atoms with Gasteiger partial charge in [-0.15, -0.1) is 10.5 Å². The lowest BCUT2D eigenvalue weighted by molar-refractivity contribution is -0.001000. The van der Waals surface area contributed by atoms with E-state index in [9.17, 15) is 10.5 Å². The first-order chi connectivity index (χ1) is 9.29. The Balaban J connectivity index is 1.96. The summed E-state index contributed by atoms with van der Waals surface area (Å²) in [6.45, 7) is 0. The van der Waals surface area contributed by atoms with Crippen molar-refractivity contribution < 1.29 is 5.21 Å². The summed E-state index contributed by atoms with van der Waals surface area (Å²) in [4.78, 5) is 1.03. The van der Waals surface area contributed by atoms with E-state index in [1.165, 1.54) is 5.56 Å². The van der Waals surface area contributed by atoms with Crippen LogP contribution >= 0.6 is 10.5 Å². The molecule has 0 saturated heterocycles. The van der Waals surface area contributed by atoms with Crippen molar-refractivity contribution in [1.29, 1.82) is 5.26 Å². The summed E-state index contributed by atoms with van der Waals surface area (Å²) in [7, 11) is -0.159. The predicted octanol–water partition coefficient (Wildman–Crippen LogP) is 3.15. The summed E-state index contributed by atoms with van der Waals surface area (Å²) in [5, 5.41) is 22.0. The van der Waals surface area contributed by atoms with E-state index in [0.717, 1.165) is 15.7 Å². The minimum Gasteiger partial charge on any atom is -0.284 e. The standard InChI is InChI=1S/C15H12N2OS/c16-9-13-11-19(10-12-5-2-1-3-6-12)14-7-4-8-17(18)15(13)14/h1-8,11,18H,10H2. The Labute approximate surface area is 114 Å². The Morgan fingerprint density at radius 3 is 2.79 bits per heavy atom. The molecule has 0 aliphatic carbocycles. The third-order valence-corrected chi connectivity index (χ3v) is 5.08. The van der Waals surface area contributed by atoms with Gasteiger partial charge in [0.2, 0.25) is 0 Å². The lowest BCUT2D eigenvalue weighted by Crippen LogP contribution is -2.14. The Kier molecular flexibility index (Phi) is 3.08. The second-order valence-corrected chi connectivity index (χ2v) is 6.09. The van der Waals surface area contributed by atoms with Gasteiger partial charge in [-0.2, -0.15) is 5.26 Å². The van der Waals surface area contributed by atoms with Crippen LogP contribution in [0.3, 0.4) is 0 Å². The topological polar surface area (TPSA) is 47.3 Å². The molecule has 0 bridgehead atoms.